The first-order valence-corrected chi connectivity index (χ1v) is 10.1. The van der Waals surface area contributed by atoms with Gasteiger partial charge in [0.05, 0.1) is 23.5 Å². The second kappa shape index (κ2) is 8.84. The van der Waals surface area contributed by atoms with Gasteiger partial charge in [0.2, 0.25) is 5.91 Å². The fraction of sp³-hybridized carbons (Fsp3) is 0.364. The van der Waals surface area contributed by atoms with Crippen molar-refractivity contribution in [1.82, 2.24) is 19.9 Å². The van der Waals surface area contributed by atoms with Crippen molar-refractivity contribution >= 4 is 17.1 Å². The minimum absolute atomic E-state index is 0.0874. The molecule has 1 aliphatic rings. The Morgan fingerprint density at radius 1 is 1.38 bits per heavy atom. The number of unbranched alkanes of at least 4 members (excludes halogenated alkanes) is 1. The van der Waals surface area contributed by atoms with Crippen LogP contribution in [-0.4, -0.2) is 33.6 Å². The van der Waals surface area contributed by atoms with Crippen molar-refractivity contribution in [2.75, 3.05) is 18.4 Å². The van der Waals surface area contributed by atoms with Gasteiger partial charge in [0, 0.05) is 48.4 Å². The van der Waals surface area contributed by atoms with E-state index in [2.05, 4.69) is 33.9 Å². The molecule has 29 heavy (non-hydrogen) atoms. The van der Waals surface area contributed by atoms with Crippen LogP contribution in [-0.2, 0) is 4.79 Å². The monoisotopic (exact) mass is 388 g/mol. The van der Waals surface area contributed by atoms with Gasteiger partial charge in [-0.15, -0.1) is 0 Å². The highest BCUT2D eigenvalue weighted by Gasteiger charge is 2.18. The molecule has 4 rings (SSSR count). The van der Waals surface area contributed by atoms with E-state index in [0.29, 0.717) is 30.9 Å². The van der Waals surface area contributed by atoms with Crippen LogP contribution in [0.25, 0.3) is 16.8 Å². The van der Waals surface area contributed by atoms with Crippen LogP contribution in [0.5, 0.6) is 0 Å². The first-order chi connectivity index (χ1) is 14.2. The fourth-order valence-electron chi connectivity index (χ4n) is 3.74. The summed E-state index contributed by atoms with van der Waals surface area (Å²) in [5.41, 5.74) is 4.55. The van der Waals surface area contributed by atoms with E-state index >= 15 is 0 Å². The van der Waals surface area contributed by atoms with E-state index in [1.807, 2.05) is 30.6 Å². The molecule has 0 aromatic carbocycles. The molecule has 0 radical (unpaired) electrons. The summed E-state index contributed by atoms with van der Waals surface area (Å²) in [5, 5.41) is 19.4. The van der Waals surface area contributed by atoms with Crippen LogP contribution in [0, 0.1) is 11.3 Å². The van der Waals surface area contributed by atoms with E-state index in [0.717, 1.165) is 42.0 Å². The molecular weight excluding hydrogens is 364 g/mol. The Morgan fingerprint density at radius 3 is 3.14 bits per heavy atom. The molecule has 7 nitrogen and oxygen atoms in total. The summed E-state index contributed by atoms with van der Waals surface area (Å²) in [6.07, 6.45) is 7.26. The number of piperidine rings is 1. The van der Waals surface area contributed by atoms with Crippen molar-refractivity contribution in [3.63, 3.8) is 0 Å². The average molecular weight is 388 g/mol. The van der Waals surface area contributed by atoms with Crippen molar-refractivity contribution < 1.29 is 4.79 Å². The summed E-state index contributed by atoms with van der Waals surface area (Å²) in [4.78, 5) is 17.0. The van der Waals surface area contributed by atoms with Crippen LogP contribution in [0.2, 0.25) is 0 Å². The number of aromatic nitrogens is 3. The molecule has 4 heterocycles. The standard InChI is InChI=1S/C22H24N6O/c23-10-2-1-8-22(29)26-17-9-12-28-21(13-17)18(15-25-28)20-7-3-6-19(27-20)16-5-4-11-24-14-16/h3,6-7,9,12-13,15-16,24H,1-2,4-5,8,11,14H2,(H,26,29). The molecule has 1 amide bonds. The molecule has 2 N–H and O–H groups in total. The summed E-state index contributed by atoms with van der Waals surface area (Å²) in [7, 11) is 0. The minimum Gasteiger partial charge on any atom is -0.326 e. The summed E-state index contributed by atoms with van der Waals surface area (Å²) in [6.45, 7) is 2.04. The van der Waals surface area contributed by atoms with Crippen LogP contribution in [0.3, 0.4) is 0 Å². The average Bonchev–Trinajstić information content (AvgIpc) is 3.18. The van der Waals surface area contributed by atoms with Gasteiger partial charge in [-0.3, -0.25) is 9.78 Å². The van der Waals surface area contributed by atoms with Gasteiger partial charge >= 0.3 is 0 Å². The largest absolute Gasteiger partial charge is 0.326 e. The smallest absolute Gasteiger partial charge is 0.224 e. The Kier molecular flexibility index (Phi) is 5.82. The number of pyridine rings is 2. The highest BCUT2D eigenvalue weighted by atomic mass is 16.1. The topological polar surface area (TPSA) is 95.1 Å². The zero-order chi connectivity index (χ0) is 20.1. The van der Waals surface area contributed by atoms with Gasteiger partial charge in [-0.05, 0) is 50.1 Å². The van der Waals surface area contributed by atoms with E-state index in [4.69, 9.17) is 10.2 Å². The third-order valence-electron chi connectivity index (χ3n) is 5.26. The SMILES string of the molecule is N#CCCCC(=O)Nc1ccn2ncc(-c3cccc(C4CCCNC4)n3)c2c1. The second-order valence-electron chi connectivity index (χ2n) is 7.35. The molecule has 1 saturated heterocycles. The van der Waals surface area contributed by atoms with Gasteiger partial charge in [0.15, 0.2) is 0 Å². The Hall–Kier alpha value is -3.24. The van der Waals surface area contributed by atoms with Crippen LogP contribution in [0.4, 0.5) is 5.69 Å². The zero-order valence-electron chi connectivity index (χ0n) is 16.3. The highest BCUT2D eigenvalue weighted by Crippen LogP contribution is 2.28. The van der Waals surface area contributed by atoms with E-state index in [1.54, 1.807) is 4.52 Å². The van der Waals surface area contributed by atoms with Crippen LogP contribution in [0.1, 0.15) is 43.7 Å². The molecule has 3 aromatic rings. The van der Waals surface area contributed by atoms with E-state index in [9.17, 15) is 4.79 Å². The number of nitrogens with zero attached hydrogens (tertiary/aromatic N) is 4. The van der Waals surface area contributed by atoms with Crippen molar-refractivity contribution in [3.8, 4) is 17.3 Å². The molecule has 148 valence electrons. The molecule has 1 fully saturated rings. The Balaban J connectivity index is 1.58. The van der Waals surface area contributed by atoms with Gasteiger partial charge in [-0.2, -0.15) is 10.4 Å². The summed E-state index contributed by atoms with van der Waals surface area (Å²) in [5.74, 6) is 0.351. The number of anilines is 1. The lowest BCUT2D eigenvalue weighted by molar-refractivity contribution is -0.116. The van der Waals surface area contributed by atoms with Crippen LogP contribution in [0.15, 0.2) is 42.7 Å². The number of fused-ring (bicyclic) bond motifs is 1. The Labute approximate surface area is 169 Å². The summed E-state index contributed by atoms with van der Waals surface area (Å²) in [6, 6.07) is 12.0. The number of carbonyl (C=O) groups is 1. The van der Waals surface area contributed by atoms with E-state index < -0.39 is 0 Å². The molecule has 0 saturated carbocycles. The molecule has 1 unspecified atom stereocenters. The first kappa shape index (κ1) is 19.1. The number of amides is 1. The van der Waals surface area contributed by atoms with E-state index in [1.165, 1.54) is 6.42 Å². The van der Waals surface area contributed by atoms with Crippen molar-refractivity contribution in [1.29, 1.82) is 5.26 Å². The van der Waals surface area contributed by atoms with Gasteiger partial charge in [-0.1, -0.05) is 6.07 Å². The van der Waals surface area contributed by atoms with Crippen molar-refractivity contribution in [2.24, 2.45) is 0 Å². The van der Waals surface area contributed by atoms with Gasteiger partial charge in [0.1, 0.15) is 0 Å². The lowest BCUT2D eigenvalue weighted by Crippen LogP contribution is -2.28. The maximum absolute atomic E-state index is 12.1. The summed E-state index contributed by atoms with van der Waals surface area (Å²) >= 11 is 0. The molecule has 0 spiro atoms. The number of rotatable bonds is 6. The minimum atomic E-state index is -0.0874. The normalized spacial score (nSPS) is 16.4. The maximum Gasteiger partial charge on any atom is 0.224 e. The van der Waals surface area contributed by atoms with Gasteiger partial charge < -0.3 is 10.6 Å². The van der Waals surface area contributed by atoms with Crippen LogP contribution >= 0.6 is 0 Å². The van der Waals surface area contributed by atoms with Crippen molar-refractivity contribution in [3.05, 3.63) is 48.4 Å². The fourth-order valence-corrected chi connectivity index (χ4v) is 3.74. The Morgan fingerprint density at radius 2 is 2.31 bits per heavy atom. The maximum atomic E-state index is 12.1. The predicted octanol–water partition coefficient (Wildman–Crippen LogP) is 3.50. The number of nitriles is 1. The Bertz CT molecular complexity index is 1040. The molecular formula is C22H24N6O. The number of carbonyl (C=O) groups excluding carboxylic acids is 1. The third-order valence-corrected chi connectivity index (χ3v) is 5.26. The highest BCUT2D eigenvalue weighted by molar-refractivity contribution is 5.92. The molecule has 7 heteroatoms. The first-order valence-electron chi connectivity index (χ1n) is 10.1. The molecule has 3 aromatic heterocycles. The van der Waals surface area contributed by atoms with E-state index in [-0.39, 0.29) is 5.91 Å². The summed E-state index contributed by atoms with van der Waals surface area (Å²) < 4.78 is 1.79. The number of nitrogens with one attached hydrogen (secondary N) is 2. The zero-order valence-corrected chi connectivity index (χ0v) is 16.3. The molecule has 0 aliphatic carbocycles. The molecule has 0 bridgehead atoms. The number of hydrogen-bond acceptors (Lipinski definition) is 5. The quantitative estimate of drug-likeness (QED) is 0.630. The van der Waals surface area contributed by atoms with Crippen LogP contribution < -0.4 is 10.6 Å². The lowest BCUT2D eigenvalue weighted by atomic mass is 9.95. The molecule has 1 atom stereocenters. The predicted molar refractivity (Wildman–Crippen MR) is 111 cm³/mol. The van der Waals surface area contributed by atoms with Crippen molar-refractivity contribution in [2.45, 2.75) is 38.0 Å². The van der Waals surface area contributed by atoms with Gasteiger partial charge in [-0.25, -0.2) is 4.52 Å². The van der Waals surface area contributed by atoms with Gasteiger partial charge in [0.25, 0.3) is 0 Å². The lowest BCUT2D eigenvalue weighted by Gasteiger charge is -2.22. The molecule has 1 aliphatic heterocycles. The third kappa shape index (κ3) is 4.44. The number of hydrogen-bond donors (Lipinski definition) is 2. The second-order valence-corrected chi connectivity index (χ2v) is 7.35.